The van der Waals surface area contributed by atoms with Gasteiger partial charge in [-0.3, -0.25) is 0 Å². The van der Waals surface area contributed by atoms with E-state index in [-0.39, 0.29) is 81.8 Å². The standard InChI is InChI=1S/C40H46F2N6O5SSi/c1-22(2)55(23(3)4,24(5)6)18-14-29-31(41)13-12-26-19-27(53-21-51-8)20-30(32(26)29)35-34(42)36-33-38(47-40(46-36)54(9,49)50)48(16-17-52-39(33)45-35)25(7)28-11-10-15-44-37(28)43/h10-13,15,19-20,22-25H,16-17,21H2,1-9H3,(H2,43,44). The Morgan fingerprint density at radius 3 is 2.35 bits per heavy atom. The maximum Gasteiger partial charge on any atom is 0.249 e. The van der Waals surface area contributed by atoms with Crippen LogP contribution in [0, 0.1) is 23.1 Å². The lowest BCUT2D eigenvalue weighted by Crippen LogP contribution is -2.43. The third-order valence-electron chi connectivity index (χ3n) is 10.6. The van der Waals surface area contributed by atoms with E-state index in [1.807, 2.05) is 6.92 Å². The van der Waals surface area contributed by atoms with Crippen LogP contribution >= 0.6 is 0 Å². The molecule has 0 amide bonds. The van der Waals surface area contributed by atoms with E-state index in [0.29, 0.717) is 22.1 Å². The Hall–Kier alpha value is -4.91. The topological polar surface area (TPSA) is 143 Å². The number of nitrogens with zero attached hydrogens (tertiary/aromatic N) is 5. The van der Waals surface area contributed by atoms with Crippen molar-refractivity contribution in [2.75, 3.05) is 43.9 Å². The first kappa shape index (κ1) is 39.8. The molecule has 1 atom stereocenters. The first-order valence-electron chi connectivity index (χ1n) is 18.1. The quantitative estimate of drug-likeness (QED) is 0.0636. The molecule has 11 nitrogen and oxygen atoms in total. The fraction of sp³-hybridized carbons (Fsp3) is 0.400. The summed E-state index contributed by atoms with van der Waals surface area (Å²) in [7, 11) is -4.94. The number of benzene rings is 2. The van der Waals surface area contributed by atoms with Crippen molar-refractivity contribution in [3.05, 3.63) is 65.4 Å². The van der Waals surface area contributed by atoms with Crippen molar-refractivity contribution in [1.29, 1.82) is 0 Å². The third kappa shape index (κ3) is 7.18. The third-order valence-corrected chi connectivity index (χ3v) is 17.7. The maximum atomic E-state index is 17.5. The van der Waals surface area contributed by atoms with E-state index >= 15 is 8.78 Å². The molecule has 0 saturated carbocycles. The minimum absolute atomic E-state index is 0.0263. The summed E-state index contributed by atoms with van der Waals surface area (Å²) >= 11 is 0. The Morgan fingerprint density at radius 1 is 1.00 bits per heavy atom. The summed E-state index contributed by atoms with van der Waals surface area (Å²) in [5.41, 5.74) is 11.0. The van der Waals surface area contributed by atoms with Crippen LogP contribution in [0.3, 0.4) is 0 Å². The van der Waals surface area contributed by atoms with Crippen LogP contribution in [0.25, 0.3) is 32.9 Å². The Morgan fingerprint density at radius 2 is 1.71 bits per heavy atom. The number of pyridine rings is 2. The number of rotatable bonds is 10. The van der Waals surface area contributed by atoms with Crippen molar-refractivity contribution in [2.24, 2.45) is 0 Å². The first-order chi connectivity index (χ1) is 26.0. The molecule has 3 aromatic heterocycles. The minimum Gasteiger partial charge on any atom is -0.475 e. The van der Waals surface area contributed by atoms with Gasteiger partial charge < -0.3 is 24.8 Å². The molecule has 4 heterocycles. The zero-order valence-corrected chi connectivity index (χ0v) is 34.3. The Bertz CT molecular complexity index is 2450. The van der Waals surface area contributed by atoms with Crippen LogP contribution in [0.15, 0.2) is 47.8 Å². The van der Waals surface area contributed by atoms with Crippen molar-refractivity contribution in [2.45, 2.75) is 76.3 Å². The zero-order valence-electron chi connectivity index (χ0n) is 32.5. The van der Waals surface area contributed by atoms with Crippen molar-refractivity contribution >= 4 is 51.2 Å². The summed E-state index contributed by atoms with van der Waals surface area (Å²) in [6.45, 7) is 15.0. The molecule has 0 aliphatic carbocycles. The Balaban J connectivity index is 1.71. The number of ether oxygens (including phenoxy) is 3. The lowest BCUT2D eigenvalue weighted by atomic mass is 9.95. The molecule has 5 aromatic rings. The summed E-state index contributed by atoms with van der Waals surface area (Å²) < 4.78 is 77.0. The van der Waals surface area contributed by atoms with Gasteiger partial charge in [-0.1, -0.05) is 59.6 Å². The molecule has 2 N–H and O–H groups in total. The van der Waals surface area contributed by atoms with Crippen molar-refractivity contribution < 1.29 is 31.4 Å². The largest absolute Gasteiger partial charge is 0.475 e. The molecule has 0 saturated heterocycles. The van der Waals surface area contributed by atoms with Gasteiger partial charge in [-0.25, -0.2) is 37.1 Å². The second-order valence-corrected chi connectivity index (χ2v) is 22.3. The normalized spacial score (nSPS) is 14.0. The lowest BCUT2D eigenvalue weighted by Gasteiger charge is -2.38. The number of hydrogen-bond acceptors (Lipinski definition) is 11. The first-order valence-corrected chi connectivity index (χ1v) is 22.3. The molecular weight excluding hydrogens is 743 g/mol. The highest BCUT2D eigenvalue weighted by Crippen LogP contribution is 2.45. The highest BCUT2D eigenvalue weighted by molar-refractivity contribution is 7.90. The van der Waals surface area contributed by atoms with E-state index in [4.69, 9.17) is 24.9 Å². The average Bonchev–Trinajstić information content (AvgIpc) is 3.31. The molecule has 0 bridgehead atoms. The van der Waals surface area contributed by atoms with E-state index in [9.17, 15) is 8.42 Å². The summed E-state index contributed by atoms with van der Waals surface area (Å²) in [5, 5.41) is 0.307. The van der Waals surface area contributed by atoms with Gasteiger partial charge in [0.25, 0.3) is 0 Å². The maximum absolute atomic E-state index is 17.5. The molecule has 2 aromatic carbocycles. The van der Waals surface area contributed by atoms with Crippen LogP contribution in [0.4, 0.5) is 20.4 Å². The van der Waals surface area contributed by atoms with Gasteiger partial charge in [0.15, 0.2) is 12.6 Å². The van der Waals surface area contributed by atoms with Crippen molar-refractivity contribution in [3.63, 3.8) is 0 Å². The molecule has 1 aliphatic heterocycles. The van der Waals surface area contributed by atoms with Crippen LogP contribution in [0.2, 0.25) is 16.6 Å². The number of methoxy groups -OCH3 is 1. The van der Waals surface area contributed by atoms with Gasteiger partial charge >= 0.3 is 0 Å². The van der Waals surface area contributed by atoms with Gasteiger partial charge in [0.05, 0.1) is 18.2 Å². The molecule has 290 valence electrons. The molecule has 0 spiro atoms. The van der Waals surface area contributed by atoms with Crippen LogP contribution in [-0.2, 0) is 14.6 Å². The van der Waals surface area contributed by atoms with Gasteiger partial charge in [0, 0.05) is 36.1 Å². The minimum atomic E-state index is -4.06. The van der Waals surface area contributed by atoms with Crippen LogP contribution in [0.1, 0.15) is 65.6 Å². The highest BCUT2D eigenvalue weighted by atomic mass is 32.2. The fourth-order valence-electron chi connectivity index (χ4n) is 7.97. The molecular formula is C40H46F2N6O5SSi. The molecule has 6 rings (SSSR count). The van der Waals surface area contributed by atoms with E-state index in [0.717, 1.165) is 6.26 Å². The number of halogens is 2. The molecule has 0 fully saturated rings. The van der Waals surface area contributed by atoms with Crippen molar-refractivity contribution in [1.82, 2.24) is 19.9 Å². The van der Waals surface area contributed by atoms with Crippen LogP contribution in [0.5, 0.6) is 11.6 Å². The van der Waals surface area contributed by atoms with Crippen molar-refractivity contribution in [3.8, 4) is 34.4 Å². The number of hydrogen-bond donors (Lipinski definition) is 1. The number of aromatic nitrogens is 4. The number of nitrogen functional groups attached to an aromatic ring is 1. The molecule has 55 heavy (non-hydrogen) atoms. The predicted octanol–water partition coefficient (Wildman–Crippen LogP) is 8.02. The lowest BCUT2D eigenvalue weighted by molar-refractivity contribution is 0.0512. The summed E-state index contributed by atoms with van der Waals surface area (Å²) in [4.78, 5) is 19.5. The molecule has 1 aliphatic rings. The smallest absolute Gasteiger partial charge is 0.249 e. The van der Waals surface area contributed by atoms with E-state index in [1.54, 1.807) is 41.4 Å². The molecule has 0 radical (unpaired) electrons. The Labute approximate surface area is 321 Å². The zero-order chi connectivity index (χ0) is 40.0. The molecule has 15 heteroatoms. The van der Waals surface area contributed by atoms with Gasteiger partial charge in [-0.15, -0.1) is 5.54 Å². The number of nitrogens with two attached hydrogens (primary N) is 1. The number of fused-ring (bicyclic) bond motifs is 1. The van der Waals surface area contributed by atoms with E-state index in [2.05, 4.69) is 68.0 Å². The second-order valence-electron chi connectivity index (χ2n) is 14.8. The summed E-state index contributed by atoms with van der Waals surface area (Å²) in [6, 6.07) is 9.22. The van der Waals surface area contributed by atoms with Gasteiger partial charge in [0.1, 0.15) is 54.5 Å². The highest BCUT2D eigenvalue weighted by Gasteiger charge is 2.42. The van der Waals surface area contributed by atoms with E-state index < -0.39 is 40.7 Å². The molecule has 1 unspecified atom stereocenters. The van der Waals surface area contributed by atoms with Crippen LogP contribution in [-0.4, -0.2) is 69.7 Å². The number of sulfone groups is 1. The average molecular weight is 789 g/mol. The Kier molecular flexibility index (Phi) is 11.1. The fourth-order valence-corrected chi connectivity index (χ4v) is 13.7. The van der Waals surface area contributed by atoms with Gasteiger partial charge in [0.2, 0.25) is 20.9 Å². The second kappa shape index (κ2) is 15.3. The van der Waals surface area contributed by atoms with Gasteiger partial charge in [-0.05, 0) is 53.2 Å². The van der Waals surface area contributed by atoms with E-state index in [1.165, 1.54) is 13.2 Å². The monoisotopic (exact) mass is 788 g/mol. The van der Waals surface area contributed by atoms with Gasteiger partial charge in [-0.2, -0.15) is 0 Å². The summed E-state index contributed by atoms with van der Waals surface area (Å²) in [6.07, 6.45) is 2.52. The number of anilines is 2. The van der Waals surface area contributed by atoms with Crippen LogP contribution < -0.4 is 20.1 Å². The summed E-state index contributed by atoms with van der Waals surface area (Å²) in [5.74, 6) is 2.37. The predicted molar refractivity (Wildman–Crippen MR) is 214 cm³/mol. The SMILES string of the molecule is COCOc1cc(-c2nc3c4c(nc(S(C)(=O)=O)nc4c2F)N(C(C)c2cccnc2N)CCO3)c2c(C#C[Si](C(C)C)(C(C)C)C(C)C)c(F)ccc2c1.